The van der Waals surface area contributed by atoms with Crippen molar-refractivity contribution in [2.24, 2.45) is 0 Å². The van der Waals surface area contributed by atoms with E-state index in [4.69, 9.17) is 11.6 Å². The molecule has 0 unspecified atom stereocenters. The molecule has 1 aromatic carbocycles. The largest absolute Gasteiger partial charge is 0.268 e. The molecule has 0 fully saturated rings. The molecule has 2 heterocycles. The monoisotopic (exact) mass is 270 g/mol. The third-order valence-electron chi connectivity index (χ3n) is 2.80. The van der Waals surface area contributed by atoms with E-state index >= 15 is 0 Å². The van der Waals surface area contributed by atoms with Crippen molar-refractivity contribution < 1.29 is 0 Å². The molecule has 0 spiro atoms. The van der Waals surface area contributed by atoms with E-state index in [1.807, 2.05) is 13.0 Å². The highest BCUT2D eigenvalue weighted by atomic mass is 35.5. The molecule has 0 atom stereocenters. The van der Waals surface area contributed by atoms with Gasteiger partial charge in [0.15, 0.2) is 6.33 Å². The second kappa shape index (κ2) is 4.48. The van der Waals surface area contributed by atoms with Crippen molar-refractivity contribution in [3.05, 3.63) is 63.9 Å². The summed E-state index contributed by atoms with van der Waals surface area (Å²) in [6.45, 7) is 1.91. The molecule has 4 nitrogen and oxygen atoms in total. The Hall–Kier alpha value is -2.20. The maximum absolute atomic E-state index is 12.4. The zero-order valence-electron chi connectivity index (χ0n) is 10.1. The Morgan fingerprint density at radius 2 is 2.16 bits per heavy atom. The molecule has 1 radical (unpaired) electrons. The number of rotatable bonds is 1. The first kappa shape index (κ1) is 11.9. The van der Waals surface area contributed by atoms with Crippen LogP contribution >= 0.6 is 11.6 Å². The number of aromatic nitrogens is 3. The summed E-state index contributed by atoms with van der Waals surface area (Å²) in [4.78, 5) is 20.6. The van der Waals surface area contributed by atoms with Gasteiger partial charge < -0.3 is 0 Å². The van der Waals surface area contributed by atoms with Crippen LogP contribution in [0.2, 0.25) is 5.02 Å². The Balaban J connectivity index is 2.35. The maximum Gasteiger partial charge on any atom is 0.267 e. The Kier molecular flexibility index (Phi) is 2.80. The van der Waals surface area contributed by atoms with Gasteiger partial charge in [-0.15, -0.1) is 0 Å². The topological polar surface area (TPSA) is 47.8 Å². The second-order valence-corrected chi connectivity index (χ2v) is 4.61. The van der Waals surface area contributed by atoms with Crippen molar-refractivity contribution in [1.29, 1.82) is 0 Å². The predicted molar refractivity (Wildman–Crippen MR) is 73.7 cm³/mol. The van der Waals surface area contributed by atoms with Gasteiger partial charge in [-0.2, -0.15) is 0 Å². The molecule has 93 valence electrons. The first-order chi connectivity index (χ1) is 9.16. The van der Waals surface area contributed by atoms with Gasteiger partial charge in [0.25, 0.3) is 5.56 Å². The van der Waals surface area contributed by atoms with Crippen molar-refractivity contribution >= 4 is 22.5 Å². The lowest BCUT2D eigenvalue weighted by Crippen LogP contribution is -2.19. The molecule has 0 aliphatic rings. The van der Waals surface area contributed by atoms with Crippen molar-refractivity contribution in [2.45, 2.75) is 6.92 Å². The molecular weight excluding hydrogens is 262 g/mol. The number of halogens is 1. The molecule has 3 rings (SSSR count). The van der Waals surface area contributed by atoms with Crippen LogP contribution in [0.3, 0.4) is 0 Å². The summed E-state index contributed by atoms with van der Waals surface area (Å²) in [7, 11) is 0. The Labute approximate surface area is 114 Å². The van der Waals surface area contributed by atoms with Crippen LogP contribution in [0.4, 0.5) is 0 Å². The summed E-state index contributed by atoms with van der Waals surface area (Å²) in [6, 6.07) is 7.00. The second-order valence-electron chi connectivity index (χ2n) is 4.21. The predicted octanol–water partition coefficient (Wildman–Crippen LogP) is 2.54. The minimum absolute atomic E-state index is 0.247. The van der Waals surface area contributed by atoms with E-state index in [1.165, 1.54) is 4.57 Å². The van der Waals surface area contributed by atoms with Crippen LogP contribution in [-0.4, -0.2) is 14.5 Å². The fraction of sp³-hybridized carbons (Fsp3) is 0.0714. The summed E-state index contributed by atoms with van der Waals surface area (Å²) >= 11 is 6.07. The van der Waals surface area contributed by atoms with Crippen LogP contribution < -0.4 is 5.56 Å². The van der Waals surface area contributed by atoms with E-state index in [0.29, 0.717) is 21.6 Å². The van der Waals surface area contributed by atoms with Crippen LogP contribution in [-0.2, 0) is 0 Å². The van der Waals surface area contributed by atoms with E-state index in [-0.39, 0.29) is 5.56 Å². The SMILES string of the molecule is Cc1cncc(-n2[c]nc3cccc(Cl)c3c2=O)c1. The minimum Gasteiger partial charge on any atom is -0.268 e. The van der Waals surface area contributed by atoms with Crippen molar-refractivity contribution in [3.63, 3.8) is 0 Å². The molecule has 0 saturated carbocycles. The Morgan fingerprint density at radius 1 is 1.32 bits per heavy atom. The van der Waals surface area contributed by atoms with Crippen LogP contribution in [0.5, 0.6) is 0 Å². The summed E-state index contributed by atoms with van der Waals surface area (Å²) in [5.41, 5.74) is 1.87. The molecule has 0 aliphatic heterocycles. The highest BCUT2D eigenvalue weighted by Gasteiger charge is 2.09. The first-order valence-electron chi connectivity index (χ1n) is 5.68. The lowest BCUT2D eigenvalue weighted by molar-refractivity contribution is 0.938. The molecule has 5 heteroatoms. The Morgan fingerprint density at radius 3 is 2.95 bits per heavy atom. The van der Waals surface area contributed by atoms with Gasteiger partial charge in [0.2, 0.25) is 0 Å². The number of hydrogen-bond acceptors (Lipinski definition) is 3. The number of benzene rings is 1. The molecule has 0 amide bonds. The third-order valence-corrected chi connectivity index (χ3v) is 3.11. The van der Waals surface area contributed by atoms with Gasteiger partial charge in [0.1, 0.15) is 0 Å². The van der Waals surface area contributed by atoms with Gasteiger partial charge in [-0.25, -0.2) is 4.98 Å². The summed E-state index contributed by atoms with van der Waals surface area (Å²) in [5, 5.41) is 0.780. The Bertz CT molecular complexity index is 826. The molecule has 0 N–H and O–H groups in total. The first-order valence-corrected chi connectivity index (χ1v) is 6.05. The lowest BCUT2D eigenvalue weighted by atomic mass is 10.2. The number of nitrogens with zero attached hydrogens (tertiary/aromatic N) is 3. The molecule has 3 aromatic rings. The lowest BCUT2D eigenvalue weighted by Gasteiger charge is -2.06. The van der Waals surface area contributed by atoms with Crippen LogP contribution in [0, 0.1) is 13.3 Å². The van der Waals surface area contributed by atoms with Gasteiger partial charge in [0.05, 0.1) is 27.8 Å². The summed E-state index contributed by atoms with van der Waals surface area (Å²) < 4.78 is 1.33. The smallest absolute Gasteiger partial charge is 0.267 e. The van der Waals surface area contributed by atoms with Crippen molar-refractivity contribution in [2.75, 3.05) is 0 Å². The maximum atomic E-state index is 12.4. The highest BCUT2D eigenvalue weighted by Crippen LogP contribution is 2.18. The quantitative estimate of drug-likeness (QED) is 0.683. The third kappa shape index (κ3) is 2.00. The van der Waals surface area contributed by atoms with E-state index in [9.17, 15) is 4.79 Å². The van der Waals surface area contributed by atoms with Crippen LogP contribution in [0.15, 0.2) is 41.5 Å². The fourth-order valence-electron chi connectivity index (χ4n) is 1.91. The van der Waals surface area contributed by atoms with E-state index in [0.717, 1.165) is 5.56 Å². The van der Waals surface area contributed by atoms with Crippen molar-refractivity contribution in [1.82, 2.24) is 14.5 Å². The molecule has 19 heavy (non-hydrogen) atoms. The number of pyridine rings is 1. The fourth-order valence-corrected chi connectivity index (χ4v) is 2.17. The normalized spacial score (nSPS) is 10.8. The molecular formula is C14H9ClN3O. The van der Waals surface area contributed by atoms with Gasteiger partial charge in [-0.05, 0) is 30.7 Å². The minimum atomic E-state index is -0.247. The average Bonchev–Trinajstić information content (AvgIpc) is 2.39. The van der Waals surface area contributed by atoms with Crippen molar-refractivity contribution in [3.8, 4) is 5.69 Å². The van der Waals surface area contributed by atoms with E-state index < -0.39 is 0 Å². The van der Waals surface area contributed by atoms with Crippen LogP contribution in [0.1, 0.15) is 5.56 Å². The summed E-state index contributed by atoms with van der Waals surface area (Å²) in [5.74, 6) is 0. The van der Waals surface area contributed by atoms with Gasteiger partial charge in [-0.1, -0.05) is 17.7 Å². The number of fused-ring (bicyclic) bond motifs is 1. The molecule has 0 aliphatic carbocycles. The standard InChI is InChI=1S/C14H9ClN3O/c1-9-5-10(7-16-6-9)18-8-17-12-4-2-3-11(15)13(12)14(18)19/h2-7H,1H3. The molecule has 0 bridgehead atoms. The van der Waals surface area contributed by atoms with Gasteiger partial charge >= 0.3 is 0 Å². The highest BCUT2D eigenvalue weighted by molar-refractivity contribution is 6.35. The molecule has 0 saturated heterocycles. The molecule has 2 aromatic heterocycles. The van der Waals surface area contributed by atoms with E-state index in [2.05, 4.69) is 16.3 Å². The summed E-state index contributed by atoms with van der Waals surface area (Å²) in [6.07, 6.45) is 6.02. The average molecular weight is 271 g/mol. The number of hydrogen-bond donors (Lipinski definition) is 0. The zero-order chi connectivity index (χ0) is 13.4. The zero-order valence-corrected chi connectivity index (χ0v) is 10.8. The van der Waals surface area contributed by atoms with E-state index in [1.54, 1.807) is 30.6 Å². The van der Waals surface area contributed by atoms with Gasteiger partial charge in [-0.3, -0.25) is 14.3 Å². The van der Waals surface area contributed by atoms with Gasteiger partial charge in [0, 0.05) is 6.20 Å². The number of aryl methyl sites for hydroxylation is 1. The van der Waals surface area contributed by atoms with Crippen LogP contribution in [0.25, 0.3) is 16.6 Å².